The Labute approximate surface area is 83.1 Å². The molecule has 0 saturated heterocycles. The minimum absolute atomic E-state index is 0.0200. The van der Waals surface area contributed by atoms with E-state index in [9.17, 15) is 9.90 Å². The average Bonchev–Trinajstić information content (AvgIpc) is 2.18. The maximum atomic E-state index is 10.4. The third kappa shape index (κ3) is 2.71. The van der Waals surface area contributed by atoms with E-state index in [0.717, 1.165) is 12.1 Å². The zero-order valence-electron chi connectivity index (χ0n) is 8.03. The maximum Gasteiger partial charge on any atom is 0.153 e. The zero-order chi connectivity index (χ0) is 10.4. The van der Waals surface area contributed by atoms with Crippen molar-refractivity contribution in [3.05, 3.63) is 35.4 Å². The van der Waals surface area contributed by atoms with Crippen LogP contribution < -0.4 is 5.32 Å². The highest BCUT2D eigenvalue weighted by Crippen LogP contribution is 2.17. The van der Waals surface area contributed by atoms with Crippen LogP contribution in [0, 0.1) is 0 Å². The first-order valence-corrected chi connectivity index (χ1v) is 4.37. The Bertz CT molecular complexity index is 345. The van der Waals surface area contributed by atoms with Gasteiger partial charge in [-0.05, 0) is 24.7 Å². The Morgan fingerprint density at radius 1 is 1.50 bits per heavy atom. The van der Waals surface area contributed by atoms with Gasteiger partial charge in [-0.2, -0.15) is 0 Å². The lowest BCUT2D eigenvalue weighted by Gasteiger charge is -1.98. The molecule has 0 fully saturated rings. The minimum Gasteiger partial charge on any atom is -0.507 e. The molecule has 74 valence electrons. The van der Waals surface area contributed by atoms with Gasteiger partial charge in [0.1, 0.15) is 5.75 Å². The lowest BCUT2D eigenvalue weighted by atomic mass is 10.1. The number of aldehydes is 1. The smallest absolute Gasteiger partial charge is 0.153 e. The number of carbonyl (C=O) groups excluding carboxylic acids is 1. The van der Waals surface area contributed by atoms with Gasteiger partial charge in [-0.1, -0.05) is 18.2 Å². The summed E-state index contributed by atoms with van der Waals surface area (Å²) in [6.45, 7) is 0.774. The second-order valence-corrected chi connectivity index (χ2v) is 2.90. The molecule has 1 aromatic carbocycles. The first-order valence-electron chi connectivity index (χ1n) is 4.37. The largest absolute Gasteiger partial charge is 0.507 e. The van der Waals surface area contributed by atoms with Crippen molar-refractivity contribution in [3.63, 3.8) is 0 Å². The second kappa shape index (κ2) is 5.19. The van der Waals surface area contributed by atoms with Crippen LogP contribution in [0.1, 0.15) is 15.9 Å². The van der Waals surface area contributed by atoms with Gasteiger partial charge in [-0.3, -0.25) is 4.79 Å². The Balaban J connectivity index is 2.81. The van der Waals surface area contributed by atoms with Crippen LogP contribution in [-0.2, 0) is 0 Å². The van der Waals surface area contributed by atoms with E-state index >= 15 is 0 Å². The molecule has 14 heavy (non-hydrogen) atoms. The summed E-state index contributed by atoms with van der Waals surface area (Å²) < 4.78 is 0. The Hall–Kier alpha value is -1.61. The van der Waals surface area contributed by atoms with E-state index in [1.165, 1.54) is 0 Å². The van der Waals surface area contributed by atoms with Gasteiger partial charge in [-0.25, -0.2) is 0 Å². The first-order chi connectivity index (χ1) is 6.77. The van der Waals surface area contributed by atoms with E-state index in [2.05, 4.69) is 5.32 Å². The fourth-order valence-corrected chi connectivity index (χ4v) is 1.08. The summed E-state index contributed by atoms with van der Waals surface area (Å²) in [6, 6.07) is 4.95. The topological polar surface area (TPSA) is 49.3 Å². The SMILES string of the molecule is CNCC=Cc1ccc(C=O)c(O)c1. The van der Waals surface area contributed by atoms with E-state index in [-0.39, 0.29) is 5.75 Å². The molecule has 0 saturated carbocycles. The number of carbonyl (C=O) groups is 1. The van der Waals surface area contributed by atoms with Gasteiger partial charge in [0.2, 0.25) is 0 Å². The van der Waals surface area contributed by atoms with Gasteiger partial charge in [0, 0.05) is 6.54 Å². The number of nitrogens with one attached hydrogen (secondary N) is 1. The van der Waals surface area contributed by atoms with Crippen LogP contribution in [0.4, 0.5) is 0 Å². The number of rotatable bonds is 4. The van der Waals surface area contributed by atoms with Gasteiger partial charge in [0.25, 0.3) is 0 Å². The maximum absolute atomic E-state index is 10.4. The molecule has 0 radical (unpaired) electrons. The number of hydrogen-bond donors (Lipinski definition) is 2. The molecule has 0 bridgehead atoms. The molecular formula is C11H13NO2. The molecule has 3 heteroatoms. The highest BCUT2D eigenvalue weighted by molar-refractivity contribution is 5.79. The number of hydrogen-bond acceptors (Lipinski definition) is 3. The molecule has 0 amide bonds. The molecule has 0 aliphatic heterocycles. The number of benzene rings is 1. The summed E-state index contributed by atoms with van der Waals surface area (Å²) in [5, 5.41) is 12.3. The summed E-state index contributed by atoms with van der Waals surface area (Å²) in [4.78, 5) is 10.4. The molecule has 0 atom stereocenters. The van der Waals surface area contributed by atoms with Gasteiger partial charge in [-0.15, -0.1) is 0 Å². The minimum atomic E-state index is 0.0200. The van der Waals surface area contributed by atoms with Crippen LogP contribution in [0.15, 0.2) is 24.3 Å². The van der Waals surface area contributed by atoms with Crippen molar-refractivity contribution in [2.24, 2.45) is 0 Å². The van der Waals surface area contributed by atoms with Gasteiger partial charge in [0.05, 0.1) is 5.56 Å². The van der Waals surface area contributed by atoms with E-state index in [4.69, 9.17) is 0 Å². The van der Waals surface area contributed by atoms with E-state index < -0.39 is 0 Å². The molecule has 0 aliphatic rings. The van der Waals surface area contributed by atoms with Crippen molar-refractivity contribution < 1.29 is 9.90 Å². The summed E-state index contributed by atoms with van der Waals surface area (Å²) in [5.41, 5.74) is 1.19. The highest BCUT2D eigenvalue weighted by atomic mass is 16.3. The normalized spacial score (nSPS) is 10.6. The number of aromatic hydroxyl groups is 1. The van der Waals surface area contributed by atoms with Crippen LogP contribution >= 0.6 is 0 Å². The quantitative estimate of drug-likeness (QED) is 0.708. The number of phenolic OH excluding ortho intramolecular Hbond substituents is 1. The summed E-state index contributed by atoms with van der Waals surface area (Å²) in [7, 11) is 1.86. The zero-order valence-corrected chi connectivity index (χ0v) is 8.03. The molecule has 0 aliphatic carbocycles. The molecular weight excluding hydrogens is 178 g/mol. The predicted molar refractivity (Wildman–Crippen MR) is 56.5 cm³/mol. The lowest BCUT2D eigenvalue weighted by Crippen LogP contribution is -2.03. The molecule has 2 N–H and O–H groups in total. The Kier molecular flexibility index (Phi) is 3.88. The fourth-order valence-electron chi connectivity index (χ4n) is 1.08. The van der Waals surface area contributed by atoms with E-state index in [0.29, 0.717) is 11.8 Å². The van der Waals surface area contributed by atoms with Crippen molar-refractivity contribution in [2.45, 2.75) is 0 Å². The molecule has 0 heterocycles. The van der Waals surface area contributed by atoms with Gasteiger partial charge < -0.3 is 10.4 Å². The lowest BCUT2D eigenvalue weighted by molar-refractivity contribution is 0.112. The van der Waals surface area contributed by atoms with Crippen molar-refractivity contribution in [3.8, 4) is 5.75 Å². The third-order valence-corrected chi connectivity index (χ3v) is 1.81. The molecule has 3 nitrogen and oxygen atoms in total. The molecule has 0 unspecified atom stereocenters. The molecule has 1 aromatic rings. The molecule has 0 aromatic heterocycles. The number of phenols is 1. The van der Waals surface area contributed by atoms with Crippen LogP contribution in [0.25, 0.3) is 6.08 Å². The van der Waals surface area contributed by atoms with Crippen LogP contribution in [0.5, 0.6) is 5.75 Å². The van der Waals surface area contributed by atoms with E-state index in [1.807, 2.05) is 19.2 Å². The molecule has 1 rings (SSSR count). The van der Waals surface area contributed by atoms with E-state index in [1.54, 1.807) is 18.2 Å². The van der Waals surface area contributed by atoms with Crippen molar-refractivity contribution >= 4 is 12.4 Å². The standard InChI is InChI=1S/C11H13NO2/c1-12-6-2-3-9-4-5-10(8-13)11(14)7-9/h2-5,7-8,12,14H,6H2,1H3. The van der Waals surface area contributed by atoms with Gasteiger partial charge >= 0.3 is 0 Å². The fraction of sp³-hybridized carbons (Fsp3) is 0.182. The monoisotopic (exact) mass is 191 g/mol. The van der Waals surface area contributed by atoms with Crippen molar-refractivity contribution in [1.29, 1.82) is 0 Å². The van der Waals surface area contributed by atoms with Crippen LogP contribution in [0.2, 0.25) is 0 Å². The first kappa shape index (κ1) is 10.5. The summed E-state index contributed by atoms with van der Waals surface area (Å²) in [5.74, 6) is 0.0200. The predicted octanol–water partition coefficient (Wildman–Crippen LogP) is 1.44. The van der Waals surface area contributed by atoms with Crippen LogP contribution in [-0.4, -0.2) is 25.0 Å². The Morgan fingerprint density at radius 3 is 2.86 bits per heavy atom. The number of likely N-dealkylation sites (N-methyl/N-ethyl adjacent to an activating group) is 1. The summed E-state index contributed by atoms with van der Waals surface area (Å²) in [6.07, 6.45) is 4.45. The van der Waals surface area contributed by atoms with Crippen molar-refractivity contribution in [2.75, 3.05) is 13.6 Å². The summed E-state index contributed by atoms with van der Waals surface area (Å²) >= 11 is 0. The van der Waals surface area contributed by atoms with Crippen molar-refractivity contribution in [1.82, 2.24) is 5.32 Å². The highest BCUT2D eigenvalue weighted by Gasteiger charge is 1.98. The second-order valence-electron chi connectivity index (χ2n) is 2.90. The van der Waals surface area contributed by atoms with Crippen LogP contribution in [0.3, 0.4) is 0 Å². The average molecular weight is 191 g/mol. The third-order valence-electron chi connectivity index (χ3n) is 1.81. The van der Waals surface area contributed by atoms with Gasteiger partial charge in [0.15, 0.2) is 6.29 Å². The Morgan fingerprint density at radius 2 is 2.29 bits per heavy atom. The molecule has 0 spiro atoms.